The van der Waals surface area contributed by atoms with Crippen LogP contribution in [0.25, 0.3) is 105 Å². The molecule has 59 heavy (non-hydrogen) atoms. The zero-order chi connectivity index (χ0) is 38.9. The molecular formula is C56H37N3. The van der Waals surface area contributed by atoms with Gasteiger partial charge in [0.25, 0.3) is 0 Å². The lowest BCUT2D eigenvalue weighted by Gasteiger charge is -2.13. The third kappa shape index (κ3) is 5.29. The summed E-state index contributed by atoms with van der Waals surface area (Å²) in [4.78, 5) is 0. The maximum atomic E-state index is 2.46. The van der Waals surface area contributed by atoms with Crippen molar-refractivity contribution in [2.75, 3.05) is 0 Å². The number of rotatable bonds is 6. The van der Waals surface area contributed by atoms with Gasteiger partial charge in [-0.2, -0.15) is 0 Å². The van der Waals surface area contributed by atoms with Crippen molar-refractivity contribution in [1.29, 1.82) is 0 Å². The Hall–Kier alpha value is -7.88. The van der Waals surface area contributed by atoms with E-state index in [-0.39, 0.29) is 0 Å². The lowest BCUT2D eigenvalue weighted by Crippen LogP contribution is -1.98. The van der Waals surface area contributed by atoms with Gasteiger partial charge in [-0.05, 0) is 107 Å². The molecule has 0 radical (unpaired) electrons. The molecule has 0 spiro atoms. The second-order valence-corrected chi connectivity index (χ2v) is 15.4. The van der Waals surface area contributed by atoms with Crippen molar-refractivity contribution in [3.63, 3.8) is 0 Å². The average Bonchev–Trinajstić information content (AvgIpc) is 3.98. The minimum Gasteiger partial charge on any atom is -0.309 e. The van der Waals surface area contributed by atoms with E-state index in [1.54, 1.807) is 0 Å². The molecule has 0 fully saturated rings. The predicted octanol–water partition coefficient (Wildman–Crippen LogP) is 14.8. The summed E-state index contributed by atoms with van der Waals surface area (Å²) in [6.45, 7) is 0. The lowest BCUT2D eigenvalue weighted by molar-refractivity contribution is 1.13. The summed E-state index contributed by atoms with van der Waals surface area (Å²) >= 11 is 0. The van der Waals surface area contributed by atoms with E-state index in [2.05, 4.69) is 238 Å². The van der Waals surface area contributed by atoms with Gasteiger partial charge in [0.05, 0.1) is 33.3 Å². The van der Waals surface area contributed by atoms with Gasteiger partial charge in [-0.25, -0.2) is 0 Å². The summed E-state index contributed by atoms with van der Waals surface area (Å²) in [7, 11) is 0. The van der Waals surface area contributed by atoms with Crippen LogP contribution in [0.3, 0.4) is 0 Å². The average molecular weight is 752 g/mol. The molecule has 0 aliphatic heterocycles. The Balaban J connectivity index is 1.07. The summed E-state index contributed by atoms with van der Waals surface area (Å²) < 4.78 is 7.29. The van der Waals surface area contributed by atoms with Crippen LogP contribution in [0.2, 0.25) is 0 Å². The number of aromatic nitrogens is 3. The molecule has 9 aromatic carbocycles. The van der Waals surface area contributed by atoms with Crippen LogP contribution in [0, 0.1) is 0 Å². The molecule has 0 unspecified atom stereocenters. The fourth-order valence-electron chi connectivity index (χ4n) is 9.36. The number of fused-ring (bicyclic) bond motifs is 8. The Labute approximate surface area is 341 Å². The normalized spacial score (nSPS) is 11.7. The van der Waals surface area contributed by atoms with Crippen molar-refractivity contribution in [2.24, 2.45) is 0 Å². The predicted molar refractivity (Wildman–Crippen MR) is 248 cm³/mol. The summed E-state index contributed by atoms with van der Waals surface area (Å²) in [5, 5.41) is 6.19. The maximum absolute atomic E-state index is 2.46. The Morgan fingerprint density at radius 3 is 1.25 bits per heavy atom. The summed E-state index contributed by atoms with van der Waals surface area (Å²) in [6.07, 6.45) is 0. The van der Waals surface area contributed by atoms with Gasteiger partial charge < -0.3 is 13.7 Å². The molecule has 3 aromatic heterocycles. The minimum atomic E-state index is 1.12. The fraction of sp³-hybridized carbons (Fsp3) is 0. The zero-order valence-electron chi connectivity index (χ0n) is 32.2. The van der Waals surface area contributed by atoms with Crippen LogP contribution in [-0.4, -0.2) is 13.7 Å². The fourth-order valence-corrected chi connectivity index (χ4v) is 9.36. The van der Waals surface area contributed by atoms with E-state index in [1.165, 1.54) is 88.0 Å². The smallest absolute Gasteiger partial charge is 0.0635 e. The van der Waals surface area contributed by atoms with Crippen LogP contribution in [0.5, 0.6) is 0 Å². The van der Waals surface area contributed by atoms with Crippen molar-refractivity contribution >= 4 is 54.5 Å². The molecule has 12 rings (SSSR count). The summed E-state index contributed by atoms with van der Waals surface area (Å²) in [5.41, 5.74) is 16.6. The van der Waals surface area contributed by atoms with Gasteiger partial charge >= 0.3 is 0 Å². The Bertz CT molecular complexity index is 3400. The van der Waals surface area contributed by atoms with Crippen molar-refractivity contribution < 1.29 is 0 Å². The number of para-hydroxylation sites is 2. The van der Waals surface area contributed by atoms with Crippen LogP contribution in [-0.2, 0) is 0 Å². The highest BCUT2D eigenvalue weighted by Gasteiger charge is 2.21. The summed E-state index contributed by atoms with van der Waals surface area (Å²) in [6, 6.07) is 81.6. The van der Waals surface area contributed by atoms with Gasteiger partial charge in [-0.15, -0.1) is 0 Å². The van der Waals surface area contributed by atoms with E-state index < -0.39 is 0 Å². The van der Waals surface area contributed by atoms with E-state index in [0.717, 1.165) is 17.1 Å². The van der Waals surface area contributed by atoms with Gasteiger partial charge in [0.1, 0.15) is 0 Å². The third-order valence-electron chi connectivity index (χ3n) is 12.0. The first-order valence-corrected chi connectivity index (χ1v) is 20.3. The Morgan fingerprint density at radius 2 is 0.661 bits per heavy atom. The van der Waals surface area contributed by atoms with E-state index in [9.17, 15) is 0 Å². The molecule has 276 valence electrons. The number of nitrogens with zero attached hydrogens (tertiary/aromatic N) is 3. The molecule has 0 aliphatic rings. The van der Waals surface area contributed by atoms with Crippen LogP contribution in [0.1, 0.15) is 0 Å². The van der Waals surface area contributed by atoms with E-state index in [4.69, 9.17) is 0 Å². The zero-order valence-corrected chi connectivity index (χ0v) is 32.2. The minimum absolute atomic E-state index is 1.12. The van der Waals surface area contributed by atoms with Crippen molar-refractivity contribution in [1.82, 2.24) is 13.7 Å². The van der Waals surface area contributed by atoms with Crippen LogP contribution in [0.4, 0.5) is 0 Å². The molecule has 0 aliphatic carbocycles. The second kappa shape index (κ2) is 13.4. The maximum Gasteiger partial charge on any atom is 0.0635 e. The largest absolute Gasteiger partial charge is 0.309 e. The van der Waals surface area contributed by atoms with E-state index in [0.29, 0.717) is 0 Å². The Kier molecular flexibility index (Phi) is 7.54. The van der Waals surface area contributed by atoms with Crippen LogP contribution in [0.15, 0.2) is 224 Å². The Morgan fingerprint density at radius 1 is 0.220 bits per heavy atom. The molecular weight excluding hydrogens is 715 g/mol. The molecule has 0 bridgehead atoms. The quantitative estimate of drug-likeness (QED) is 0.161. The SMILES string of the molecule is c1ccc(-c2ccc3c(c2)c2cc(-c4ccccc4)ccc2n3-c2ccc(-n3c4ccccc4c4ccc5c(cc(-c6ccccc6)n5-c5ccccc5)c43)cc2)cc1. The standard InChI is InChI=1S/C56H37N3/c1-5-15-38(16-6-1)41-25-32-52-48(35-41)49-36-42(39-17-7-2-8-18-39)26-33-53(49)57(52)44-27-29-45(30-28-44)59-51-24-14-13-23-46(51)47-31-34-54-50(56(47)59)37-55(40-19-9-3-10-20-40)58(54)43-21-11-4-12-22-43/h1-37H. The van der Waals surface area contributed by atoms with Crippen molar-refractivity contribution in [3.05, 3.63) is 224 Å². The highest BCUT2D eigenvalue weighted by molar-refractivity contribution is 6.19. The first-order chi connectivity index (χ1) is 29.3. The van der Waals surface area contributed by atoms with Crippen molar-refractivity contribution in [2.45, 2.75) is 0 Å². The van der Waals surface area contributed by atoms with Crippen LogP contribution >= 0.6 is 0 Å². The molecule has 3 nitrogen and oxygen atoms in total. The number of benzene rings is 9. The molecule has 0 N–H and O–H groups in total. The monoisotopic (exact) mass is 751 g/mol. The van der Waals surface area contributed by atoms with Gasteiger partial charge in [0.2, 0.25) is 0 Å². The highest BCUT2D eigenvalue weighted by atomic mass is 15.0. The molecule has 0 saturated heterocycles. The van der Waals surface area contributed by atoms with Gasteiger partial charge in [0.15, 0.2) is 0 Å². The highest BCUT2D eigenvalue weighted by Crippen LogP contribution is 2.42. The van der Waals surface area contributed by atoms with Crippen LogP contribution < -0.4 is 0 Å². The van der Waals surface area contributed by atoms with Gasteiger partial charge in [-0.1, -0.05) is 146 Å². The molecule has 0 saturated carbocycles. The summed E-state index contributed by atoms with van der Waals surface area (Å²) in [5.74, 6) is 0. The molecule has 3 heteroatoms. The van der Waals surface area contributed by atoms with E-state index in [1.807, 2.05) is 0 Å². The second-order valence-electron chi connectivity index (χ2n) is 15.4. The number of hydrogen-bond donors (Lipinski definition) is 0. The van der Waals surface area contributed by atoms with Gasteiger partial charge in [0, 0.05) is 44.0 Å². The third-order valence-corrected chi connectivity index (χ3v) is 12.0. The number of hydrogen-bond acceptors (Lipinski definition) is 0. The molecule has 0 atom stereocenters. The van der Waals surface area contributed by atoms with Gasteiger partial charge in [-0.3, -0.25) is 0 Å². The molecule has 3 heterocycles. The lowest BCUT2D eigenvalue weighted by atomic mass is 10.0. The topological polar surface area (TPSA) is 14.8 Å². The molecule has 0 amide bonds. The molecule has 12 aromatic rings. The first-order valence-electron chi connectivity index (χ1n) is 20.3. The van der Waals surface area contributed by atoms with E-state index >= 15 is 0 Å². The first kappa shape index (κ1) is 33.3. The van der Waals surface area contributed by atoms with Crippen molar-refractivity contribution in [3.8, 4) is 50.6 Å².